The third-order valence-corrected chi connectivity index (χ3v) is 6.82. The predicted octanol–water partition coefficient (Wildman–Crippen LogP) is 2.94. The molecule has 0 saturated heterocycles. The average molecular weight is 410 g/mol. The molecule has 0 aliphatic heterocycles. The van der Waals surface area contributed by atoms with E-state index in [0.29, 0.717) is 12.1 Å². The maximum Gasteiger partial charge on any atom is 0.248 e. The Bertz CT molecular complexity index is 849. The molecule has 162 valence electrons. The molecule has 0 fully saturated rings. The third-order valence-electron chi connectivity index (χ3n) is 6.82. The highest BCUT2D eigenvalue weighted by atomic mass is 16.5. The summed E-state index contributed by atoms with van der Waals surface area (Å²) >= 11 is 0. The molecular formula is C25H35N3O2. The van der Waals surface area contributed by atoms with Crippen LogP contribution in [0.2, 0.25) is 0 Å². The standard InChI is InChI=1S/C25H35N3O2/c1-4-25(5-2)21-14-19(24(27)29)12-11-18(21)15-22(30-3)23(25)28-16-20(26)13-17-9-7-6-8-10-17/h6-12,14,20,22-23,28H,4-5,13,15-16,26H2,1-3H3,(H2,27,29)/t20-,22+,23-/m1/s1. The Kier molecular flexibility index (Phi) is 7.29. The van der Waals surface area contributed by atoms with E-state index in [9.17, 15) is 4.79 Å². The van der Waals surface area contributed by atoms with Crippen molar-refractivity contribution >= 4 is 5.91 Å². The monoisotopic (exact) mass is 409 g/mol. The molecule has 3 rings (SSSR count). The highest BCUT2D eigenvalue weighted by Crippen LogP contribution is 2.44. The van der Waals surface area contributed by atoms with E-state index in [4.69, 9.17) is 16.2 Å². The minimum absolute atomic E-state index is 0.00895. The second-order valence-corrected chi connectivity index (χ2v) is 8.41. The first kappa shape index (κ1) is 22.5. The van der Waals surface area contributed by atoms with Crippen molar-refractivity contribution in [3.8, 4) is 0 Å². The minimum atomic E-state index is -0.387. The number of amides is 1. The molecule has 0 bridgehead atoms. The lowest BCUT2D eigenvalue weighted by Crippen LogP contribution is -2.60. The van der Waals surface area contributed by atoms with E-state index in [1.54, 1.807) is 7.11 Å². The van der Waals surface area contributed by atoms with Gasteiger partial charge in [-0.3, -0.25) is 4.79 Å². The summed E-state index contributed by atoms with van der Waals surface area (Å²) in [6, 6.07) is 16.3. The van der Waals surface area contributed by atoms with Crippen LogP contribution in [0.25, 0.3) is 0 Å². The molecular weight excluding hydrogens is 374 g/mol. The summed E-state index contributed by atoms with van der Waals surface area (Å²) in [5.41, 5.74) is 16.2. The molecule has 0 saturated carbocycles. The zero-order valence-corrected chi connectivity index (χ0v) is 18.4. The summed E-state index contributed by atoms with van der Waals surface area (Å²) in [7, 11) is 1.78. The number of primary amides is 1. The van der Waals surface area contributed by atoms with Crippen molar-refractivity contribution in [3.63, 3.8) is 0 Å². The maximum atomic E-state index is 11.8. The van der Waals surface area contributed by atoms with Crippen LogP contribution in [-0.2, 0) is 23.0 Å². The van der Waals surface area contributed by atoms with Crippen molar-refractivity contribution in [1.82, 2.24) is 5.32 Å². The number of ether oxygens (including phenoxy) is 1. The van der Waals surface area contributed by atoms with Crippen LogP contribution >= 0.6 is 0 Å². The van der Waals surface area contributed by atoms with Crippen LogP contribution in [0.1, 0.15) is 53.7 Å². The molecule has 2 aromatic carbocycles. The van der Waals surface area contributed by atoms with Gasteiger partial charge >= 0.3 is 0 Å². The van der Waals surface area contributed by atoms with E-state index in [0.717, 1.165) is 25.7 Å². The Hall–Kier alpha value is -2.21. The van der Waals surface area contributed by atoms with Gasteiger partial charge in [0.05, 0.1) is 6.10 Å². The van der Waals surface area contributed by atoms with Crippen molar-refractivity contribution in [2.75, 3.05) is 13.7 Å². The Morgan fingerprint density at radius 1 is 1.20 bits per heavy atom. The Morgan fingerprint density at radius 3 is 2.50 bits per heavy atom. The molecule has 5 N–H and O–H groups in total. The van der Waals surface area contributed by atoms with Gasteiger partial charge in [0.15, 0.2) is 0 Å². The number of nitrogens with one attached hydrogen (secondary N) is 1. The fourth-order valence-electron chi connectivity index (χ4n) is 5.11. The van der Waals surface area contributed by atoms with E-state index in [2.05, 4.69) is 31.3 Å². The van der Waals surface area contributed by atoms with Crippen LogP contribution in [0, 0.1) is 0 Å². The number of benzene rings is 2. The van der Waals surface area contributed by atoms with Gasteiger partial charge in [-0.25, -0.2) is 0 Å². The van der Waals surface area contributed by atoms with Crippen molar-refractivity contribution in [2.45, 2.75) is 63.1 Å². The number of hydrogen-bond donors (Lipinski definition) is 3. The molecule has 30 heavy (non-hydrogen) atoms. The molecule has 1 amide bonds. The van der Waals surface area contributed by atoms with E-state index >= 15 is 0 Å². The average Bonchev–Trinajstić information content (AvgIpc) is 2.77. The van der Waals surface area contributed by atoms with E-state index < -0.39 is 0 Å². The highest BCUT2D eigenvalue weighted by Gasteiger charge is 2.46. The predicted molar refractivity (Wildman–Crippen MR) is 122 cm³/mol. The van der Waals surface area contributed by atoms with E-state index in [1.807, 2.05) is 36.4 Å². The molecule has 0 aromatic heterocycles. The molecule has 5 heteroatoms. The Morgan fingerprint density at radius 2 is 1.90 bits per heavy atom. The van der Waals surface area contributed by atoms with Crippen molar-refractivity contribution < 1.29 is 9.53 Å². The lowest BCUT2D eigenvalue weighted by Gasteiger charge is -2.49. The Balaban J connectivity index is 1.87. The van der Waals surface area contributed by atoms with Crippen LogP contribution < -0.4 is 16.8 Å². The summed E-state index contributed by atoms with van der Waals surface area (Å²) in [6.45, 7) is 5.12. The van der Waals surface area contributed by atoms with Crippen LogP contribution in [0.4, 0.5) is 0 Å². The molecule has 0 radical (unpaired) electrons. The van der Waals surface area contributed by atoms with Gasteiger partial charge in [0.25, 0.3) is 0 Å². The minimum Gasteiger partial charge on any atom is -0.379 e. The second-order valence-electron chi connectivity index (χ2n) is 8.41. The first-order chi connectivity index (χ1) is 14.4. The number of hydrogen-bond acceptors (Lipinski definition) is 4. The van der Waals surface area contributed by atoms with Crippen LogP contribution in [0.3, 0.4) is 0 Å². The van der Waals surface area contributed by atoms with Gasteiger partial charge in [-0.2, -0.15) is 0 Å². The summed E-state index contributed by atoms with van der Waals surface area (Å²) < 4.78 is 5.95. The van der Waals surface area contributed by atoms with Gasteiger partial charge in [0, 0.05) is 43.1 Å². The number of carbonyl (C=O) groups is 1. The van der Waals surface area contributed by atoms with Crippen LogP contribution in [-0.4, -0.2) is 37.7 Å². The van der Waals surface area contributed by atoms with Gasteiger partial charge in [0.1, 0.15) is 0 Å². The number of nitrogens with two attached hydrogens (primary N) is 2. The molecule has 3 atom stereocenters. The number of methoxy groups -OCH3 is 1. The Labute approximate surface area is 180 Å². The van der Waals surface area contributed by atoms with Crippen molar-refractivity contribution in [3.05, 3.63) is 70.8 Å². The third kappa shape index (κ3) is 4.43. The van der Waals surface area contributed by atoms with E-state index in [-0.39, 0.29) is 29.5 Å². The van der Waals surface area contributed by atoms with Crippen LogP contribution in [0.15, 0.2) is 48.5 Å². The highest BCUT2D eigenvalue weighted by molar-refractivity contribution is 5.93. The molecule has 0 heterocycles. The summed E-state index contributed by atoms with van der Waals surface area (Å²) in [5, 5.41) is 3.76. The van der Waals surface area contributed by atoms with Crippen molar-refractivity contribution in [1.29, 1.82) is 0 Å². The number of fused-ring (bicyclic) bond motifs is 1. The first-order valence-corrected chi connectivity index (χ1v) is 10.9. The quantitative estimate of drug-likeness (QED) is 0.594. The molecule has 1 aliphatic rings. The van der Waals surface area contributed by atoms with E-state index in [1.165, 1.54) is 16.7 Å². The van der Waals surface area contributed by atoms with Gasteiger partial charge in [0.2, 0.25) is 5.91 Å². The summed E-state index contributed by atoms with van der Waals surface area (Å²) in [4.78, 5) is 11.8. The largest absolute Gasteiger partial charge is 0.379 e. The van der Waals surface area contributed by atoms with Crippen molar-refractivity contribution in [2.24, 2.45) is 11.5 Å². The zero-order chi connectivity index (χ0) is 21.7. The van der Waals surface area contributed by atoms with Gasteiger partial charge in [-0.15, -0.1) is 0 Å². The lowest BCUT2D eigenvalue weighted by molar-refractivity contribution is 0.0240. The lowest BCUT2D eigenvalue weighted by atomic mass is 9.62. The number of carbonyl (C=O) groups excluding carboxylic acids is 1. The topological polar surface area (TPSA) is 90.4 Å². The summed E-state index contributed by atoms with van der Waals surface area (Å²) in [6.07, 6.45) is 3.54. The maximum absolute atomic E-state index is 11.8. The first-order valence-electron chi connectivity index (χ1n) is 10.9. The van der Waals surface area contributed by atoms with Crippen LogP contribution in [0.5, 0.6) is 0 Å². The normalized spacial score (nSPS) is 21.1. The van der Waals surface area contributed by atoms with Gasteiger partial charge in [-0.1, -0.05) is 50.2 Å². The molecule has 0 spiro atoms. The number of rotatable bonds is 9. The van der Waals surface area contributed by atoms with Gasteiger partial charge < -0.3 is 21.5 Å². The molecule has 5 nitrogen and oxygen atoms in total. The summed E-state index contributed by atoms with van der Waals surface area (Å²) in [5.74, 6) is -0.387. The fourth-order valence-corrected chi connectivity index (χ4v) is 5.11. The second kappa shape index (κ2) is 9.73. The fraction of sp³-hybridized carbons (Fsp3) is 0.480. The molecule has 0 unspecified atom stereocenters. The molecule has 2 aromatic rings. The van der Waals surface area contributed by atoms with Gasteiger partial charge in [-0.05, 0) is 48.1 Å². The zero-order valence-electron chi connectivity index (χ0n) is 18.4. The molecule has 1 aliphatic carbocycles. The SMILES string of the molecule is CCC1(CC)c2cc(C(N)=O)ccc2C[C@H](OC)[C@H]1NC[C@H](N)Cc1ccccc1. The smallest absolute Gasteiger partial charge is 0.248 e.